The van der Waals surface area contributed by atoms with Crippen LogP contribution in [-0.2, 0) is 9.59 Å². The number of aliphatic carboxylic acids is 1. The molecular weight excluding hydrogens is 232 g/mol. The van der Waals surface area contributed by atoms with Crippen molar-refractivity contribution in [3.05, 3.63) is 0 Å². The zero-order chi connectivity index (χ0) is 13.8. The van der Waals surface area contributed by atoms with E-state index in [0.717, 1.165) is 25.9 Å². The van der Waals surface area contributed by atoms with Gasteiger partial charge in [0.15, 0.2) is 0 Å². The van der Waals surface area contributed by atoms with E-state index in [4.69, 9.17) is 0 Å². The fraction of sp³-hybridized carbons (Fsp3) is 0.846. The molecule has 0 spiro atoms. The van der Waals surface area contributed by atoms with Gasteiger partial charge in [-0.2, -0.15) is 0 Å². The Labute approximate surface area is 109 Å². The Balaban J connectivity index is 2.35. The van der Waals surface area contributed by atoms with Crippen LogP contribution in [0.2, 0.25) is 0 Å². The molecule has 104 valence electrons. The fourth-order valence-corrected chi connectivity index (χ4v) is 2.44. The van der Waals surface area contributed by atoms with Crippen LogP contribution >= 0.6 is 0 Å². The van der Waals surface area contributed by atoms with E-state index in [2.05, 4.69) is 4.90 Å². The smallest absolute Gasteiger partial charge is 0.310 e. The minimum Gasteiger partial charge on any atom is -0.481 e. The largest absolute Gasteiger partial charge is 0.481 e. The van der Waals surface area contributed by atoms with E-state index in [-0.39, 0.29) is 5.91 Å². The van der Waals surface area contributed by atoms with Crippen molar-refractivity contribution in [1.82, 2.24) is 9.80 Å². The van der Waals surface area contributed by atoms with E-state index >= 15 is 0 Å². The van der Waals surface area contributed by atoms with Gasteiger partial charge < -0.3 is 14.9 Å². The molecule has 0 aliphatic carbocycles. The minimum atomic E-state index is -0.683. The molecule has 0 aromatic heterocycles. The molecule has 0 aromatic rings. The van der Waals surface area contributed by atoms with Crippen LogP contribution < -0.4 is 0 Å². The summed E-state index contributed by atoms with van der Waals surface area (Å²) in [6.45, 7) is 4.20. The third-order valence-electron chi connectivity index (χ3n) is 3.93. The Morgan fingerprint density at radius 1 is 1.39 bits per heavy atom. The van der Waals surface area contributed by atoms with E-state index < -0.39 is 11.4 Å². The van der Waals surface area contributed by atoms with Crippen molar-refractivity contribution in [2.45, 2.75) is 32.6 Å². The Kier molecular flexibility index (Phi) is 5.14. The normalized spacial score (nSPS) is 24.2. The van der Waals surface area contributed by atoms with Gasteiger partial charge in [-0.3, -0.25) is 9.59 Å². The first kappa shape index (κ1) is 15.0. The number of rotatable bonds is 6. The van der Waals surface area contributed by atoms with Crippen molar-refractivity contribution in [3.63, 3.8) is 0 Å². The Morgan fingerprint density at radius 3 is 2.50 bits per heavy atom. The highest BCUT2D eigenvalue weighted by Gasteiger charge is 2.42. The van der Waals surface area contributed by atoms with E-state index in [1.807, 2.05) is 6.92 Å². The molecule has 0 bridgehead atoms. The lowest BCUT2D eigenvalue weighted by atomic mass is 9.84. The highest BCUT2D eigenvalue weighted by molar-refractivity contribution is 5.76. The zero-order valence-corrected chi connectivity index (χ0v) is 11.6. The van der Waals surface area contributed by atoms with Gasteiger partial charge in [0.05, 0.1) is 5.41 Å². The summed E-state index contributed by atoms with van der Waals surface area (Å²) in [4.78, 5) is 26.5. The minimum absolute atomic E-state index is 0.134. The summed E-state index contributed by atoms with van der Waals surface area (Å²) in [6.07, 6.45) is 2.74. The van der Waals surface area contributed by atoms with Crippen LogP contribution in [0.3, 0.4) is 0 Å². The molecule has 1 atom stereocenters. The first-order valence-electron chi connectivity index (χ1n) is 6.57. The molecule has 5 heteroatoms. The van der Waals surface area contributed by atoms with Crippen LogP contribution in [-0.4, -0.2) is 60.5 Å². The summed E-state index contributed by atoms with van der Waals surface area (Å²) in [5, 5.41) is 9.28. The topological polar surface area (TPSA) is 60.9 Å². The van der Waals surface area contributed by atoms with Crippen LogP contribution in [0, 0.1) is 5.41 Å². The highest BCUT2D eigenvalue weighted by Crippen LogP contribution is 2.34. The standard InChI is InChI=1S/C13H24N2O3/c1-4-13(12(17)18)7-9-15(10-13)8-5-6-11(16)14(2)3/h4-10H2,1-3H3,(H,17,18). The Bertz CT molecular complexity index is 317. The Hall–Kier alpha value is -1.10. The van der Waals surface area contributed by atoms with Gasteiger partial charge in [-0.1, -0.05) is 6.92 Å². The summed E-state index contributed by atoms with van der Waals surface area (Å²) in [5.74, 6) is -0.550. The predicted molar refractivity (Wildman–Crippen MR) is 69.3 cm³/mol. The van der Waals surface area contributed by atoms with Gasteiger partial charge in [-0.15, -0.1) is 0 Å². The van der Waals surface area contributed by atoms with E-state index in [1.165, 1.54) is 0 Å². The number of likely N-dealkylation sites (tertiary alicyclic amines) is 1. The second-order valence-electron chi connectivity index (χ2n) is 5.36. The summed E-state index contributed by atoms with van der Waals surface area (Å²) < 4.78 is 0. The molecule has 1 aliphatic heterocycles. The molecular formula is C13H24N2O3. The van der Waals surface area contributed by atoms with Crippen molar-refractivity contribution in [2.75, 3.05) is 33.7 Å². The van der Waals surface area contributed by atoms with Crippen molar-refractivity contribution < 1.29 is 14.7 Å². The van der Waals surface area contributed by atoms with Crippen molar-refractivity contribution in [3.8, 4) is 0 Å². The lowest BCUT2D eigenvalue weighted by Crippen LogP contribution is -2.34. The molecule has 18 heavy (non-hydrogen) atoms. The van der Waals surface area contributed by atoms with Crippen molar-refractivity contribution in [1.29, 1.82) is 0 Å². The van der Waals surface area contributed by atoms with Gasteiger partial charge in [-0.05, 0) is 32.4 Å². The molecule has 1 aliphatic rings. The van der Waals surface area contributed by atoms with Crippen LogP contribution in [0.15, 0.2) is 0 Å². The average Bonchev–Trinajstić information content (AvgIpc) is 2.73. The average molecular weight is 256 g/mol. The maximum atomic E-state index is 11.4. The number of nitrogens with zero attached hydrogens (tertiary/aromatic N) is 2. The Morgan fingerprint density at radius 2 is 2.06 bits per heavy atom. The quantitative estimate of drug-likeness (QED) is 0.771. The van der Waals surface area contributed by atoms with Crippen LogP contribution in [0.5, 0.6) is 0 Å². The van der Waals surface area contributed by atoms with Crippen LogP contribution in [0.1, 0.15) is 32.6 Å². The number of carboxylic acids is 1. The molecule has 1 fully saturated rings. The van der Waals surface area contributed by atoms with E-state index in [0.29, 0.717) is 19.4 Å². The lowest BCUT2D eigenvalue weighted by Gasteiger charge is -2.23. The number of amides is 1. The molecule has 0 radical (unpaired) electrons. The summed E-state index contributed by atoms with van der Waals surface area (Å²) in [7, 11) is 3.51. The van der Waals surface area contributed by atoms with Gasteiger partial charge in [0, 0.05) is 27.1 Å². The van der Waals surface area contributed by atoms with Crippen LogP contribution in [0.4, 0.5) is 0 Å². The maximum absolute atomic E-state index is 11.4. The summed E-state index contributed by atoms with van der Waals surface area (Å²) in [5.41, 5.74) is -0.564. The lowest BCUT2D eigenvalue weighted by molar-refractivity contribution is -0.148. The van der Waals surface area contributed by atoms with Gasteiger partial charge in [0.25, 0.3) is 0 Å². The first-order valence-corrected chi connectivity index (χ1v) is 6.57. The molecule has 5 nitrogen and oxygen atoms in total. The maximum Gasteiger partial charge on any atom is 0.310 e. The molecule has 0 aromatic carbocycles. The molecule has 1 heterocycles. The number of carbonyl (C=O) groups excluding carboxylic acids is 1. The van der Waals surface area contributed by atoms with E-state index in [9.17, 15) is 14.7 Å². The number of carbonyl (C=O) groups is 2. The van der Waals surface area contributed by atoms with Gasteiger partial charge in [-0.25, -0.2) is 0 Å². The van der Waals surface area contributed by atoms with Crippen molar-refractivity contribution >= 4 is 11.9 Å². The molecule has 1 N–H and O–H groups in total. The van der Waals surface area contributed by atoms with Gasteiger partial charge >= 0.3 is 5.97 Å². The van der Waals surface area contributed by atoms with Gasteiger partial charge in [0.1, 0.15) is 0 Å². The fourth-order valence-electron chi connectivity index (χ4n) is 2.44. The van der Waals surface area contributed by atoms with Crippen LogP contribution in [0.25, 0.3) is 0 Å². The van der Waals surface area contributed by atoms with Crippen molar-refractivity contribution in [2.24, 2.45) is 5.41 Å². The zero-order valence-electron chi connectivity index (χ0n) is 11.6. The van der Waals surface area contributed by atoms with Gasteiger partial charge in [0.2, 0.25) is 5.91 Å². The molecule has 0 saturated carbocycles. The molecule has 1 unspecified atom stereocenters. The van der Waals surface area contributed by atoms with E-state index in [1.54, 1.807) is 19.0 Å². The third-order valence-corrected chi connectivity index (χ3v) is 3.93. The third kappa shape index (κ3) is 3.45. The summed E-state index contributed by atoms with van der Waals surface area (Å²) in [6, 6.07) is 0. The highest BCUT2D eigenvalue weighted by atomic mass is 16.4. The SMILES string of the molecule is CCC1(C(=O)O)CCN(CCCC(=O)N(C)C)C1. The molecule has 1 saturated heterocycles. The monoisotopic (exact) mass is 256 g/mol. The number of hydrogen-bond donors (Lipinski definition) is 1. The summed E-state index contributed by atoms with van der Waals surface area (Å²) >= 11 is 0. The molecule has 1 amide bonds. The predicted octanol–water partition coefficient (Wildman–Crippen LogP) is 1.04. The number of carboxylic acid groups (broad SMARTS) is 1. The second kappa shape index (κ2) is 6.18. The first-order chi connectivity index (χ1) is 8.41. The number of hydrogen-bond acceptors (Lipinski definition) is 3. The molecule has 1 rings (SSSR count). The second-order valence-corrected chi connectivity index (χ2v) is 5.36.